The van der Waals surface area contributed by atoms with Crippen molar-refractivity contribution in [3.05, 3.63) is 29.8 Å². The van der Waals surface area contributed by atoms with E-state index in [1.807, 2.05) is 13.8 Å². The van der Waals surface area contributed by atoms with Crippen molar-refractivity contribution in [2.45, 2.75) is 45.9 Å². The van der Waals surface area contributed by atoms with Crippen LogP contribution in [0, 0.1) is 0 Å². The lowest BCUT2D eigenvalue weighted by molar-refractivity contribution is -0.127. The van der Waals surface area contributed by atoms with Crippen LogP contribution in [-0.4, -0.2) is 37.6 Å². The Morgan fingerprint density at radius 1 is 1.19 bits per heavy atom. The van der Waals surface area contributed by atoms with Gasteiger partial charge in [0.1, 0.15) is 6.04 Å². The minimum Gasteiger partial charge on any atom is -0.493 e. The summed E-state index contributed by atoms with van der Waals surface area (Å²) in [6.07, 6.45) is 3.51. The number of rotatable bonds is 9. The number of ether oxygens (including phenoxy) is 2. The molecule has 2 atom stereocenters. The molecule has 0 aliphatic heterocycles. The third-order valence-electron chi connectivity index (χ3n) is 3.58. The molecule has 0 fully saturated rings. The predicted molar refractivity (Wildman–Crippen MR) is 94.2 cm³/mol. The smallest absolute Gasteiger partial charge is 0.387 e. The van der Waals surface area contributed by atoms with Crippen LogP contribution in [0.3, 0.4) is 0 Å². The molecule has 0 heterocycles. The van der Waals surface area contributed by atoms with Crippen LogP contribution < -0.4 is 20.1 Å². The Hall–Kier alpha value is -2.64. The van der Waals surface area contributed by atoms with Crippen molar-refractivity contribution < 1.29 is 27.8 Å². The van der Waals surface area contributed by atoms with E-state index >= 15 is 0 Å². The number of hydrogen-bond donors (Lipinski definition) is 2. The fraction of sp³-hybridized carbons (Fsp3) is 0.444. The van der Waals surface area contributed by atoms with Gasteiger partial charge in [-0.15, -0.1) is 0 Å². The highest BCUT2D eigenvalue weighted by Gasteiger charge is 2.15. The van der Waals surface area contributed by atoms with Gasteiger partial charge < -0.3 is 20.1 Å². The van der Waals surface area contributed by atoms with E-state index in [1.165, 1.54) is 37.5 Å². The molecule has 0 spiro atoms. The van der Waals surface area contributed by atoms with Gasteiger partial charge in [0.15, 0.2) is 11.5 Å². The third kappa shape index (κ3) is 7.08. The topological polar surface area (TPSA) is 76.7 Å². The van der Waals surface area contributed by atoms with E-state index in [0.29, 0.717) is 5.56 Å². The van der Waals surface area contributed by atoms with Crippen LogP contribution in [0.4, 0.5) is 8.78 Å². The van der Waals surface area contributed by atoms with Crippen LogP contribution in [0.5, 0.6) is 11.5 Å². The number of amides is 2. The van der Waals surface area contributed by atoms with Gasteiger partial charge in [-0.3, -0.25) is 9.59 Å². The molecule has 0 saturated carbocycles. The Bertz CT molecular complexity index is 650. The van der Waals surface area contributed by atoms with Crippen LogP contribution in [0.25, 0.3) is 6.08 Å². The number of hydrogen-bond acceptors (Lipinski definition) is 4. The zero-order valence-electron chi connectivity index (χ0n) is 15.2. The van der Waals surface area contributed by atoms with Crippen LogP contribution >= 0.6 is 0 Å². The van der Waals surface area contributed by atoms with E-state index in [-0.39, 0.29) is 23.4 Å². The zero-order valence-corrected chi connectivity index (χ0v) is 15.2. The molecule has 1 aromatic rings. The highest BCUT2D eigenvalue weighted by molar-refractivity contribution is 5.95. The van der Waals surface area contributed by atoms with Gasteiger partial charge in [-0.05, 0) is 44.0 Å². The standard InChI is InChI=1S/C18H24F2N2O4/c1-5-11(2)21-17(24)12(3)22-16(23)9-7-13-6-8-14(26-18(19)20)15(10-13)25-4/h6-12,18H,5H2,1-4H3,(H,21,24)(H,22,23)/b9-7+/t11-,12-/m0/s1. The average molecular weight is 370 g/mol. The first-order chi connectivity index (χ1) is 12.3. The molecule has 0 saturated heterocycles. The van der Waals surface area contributed by atoms with E-state index < -0.39 is 18.6 Å². The molecule has 0 bridgehead atoms. The molecule has 1 aromatic carbocycles. The van der Waals surface area contributed by atoms with Crippen molar-refractivity contribution in [2.24, 2.45) is 0 Å². The number of alkyl halides is 2. The number of nitrogens with one attached hydrogen (secondary N) is 2. The van der Waals surface area contributed by atoms with E-state index in [2.05, 4.69) is 15.4 Å². The summed E-state index contributed by atoms with van der Waals surface area (Å²) in [5.74, 6) is -0.700. The Balaban J connectivity index is 2.69. The Morgan fingerprint density at radius 2 is 1.88 bits per heavy atom. The lowest BCUT2D eigenvalue weighted by Crippen LogP contribution is -2.46. The summed E-state index contributed by atoms with van der Waals surface area (Å²) in [7, 11) is 1.32. The van der Waals surface area contributed by atoms with E-state index in [1.54, 1.807) is 6.92 Å². The molecule has 8 heteroatoms. The average Bonchev–Trinajstić information content (AvgIpc) is 2.59. The van der Waals surface area contributed by atoms with Crippen LogP contribution in [0.2, 0.25) is 0 Å². The maximum Gasteiger partial charge on any atom is 0.387 e. The molecule has 0 unspecified atom stereocenters. The van der Waals surface area contributed by atoms with Crippen molar-refractivity contribution in [3.63, 3.8) is 0 Å². The summed E-state index contributed by atoms with van der Waals surface area (Å²) >= 11 is 0. The minimum atomic E-state index is -2.96. The number of benzene rings is 1. The second-order valence-electron chi connectivity index (χ2n) is 5.67. The lowest BCUT2D eigenvalue weighted by atomic mass is 10.2. The minimum absolute atomic E-state index is 0.0267. The van der Waals surface area contributed by atoms with Gasteiger partial charge in [-0.25, -0.2) is 0 Å². The lowest BCUT2D eigenvalue weighted by Gasteiger charge is -2.16. The molecule has 0 radical (unpaired) electrons. The molecular formula is C18H24F2N2O4. The first-order valence-corrected chi connectivity index (χ1v) is 8.18. The van der Waals surface area contributed by atoms with Gasteiger partial charge in [0, 0.05) is 12.1 Å². The van der Waals surface area contributed by atoms with Gasteiger partial charge in [-0.2, -0.15) is 8.78 Å². The number of methoxy groups -OCH3 is 1. The Morgan fingerprint density at radius 3 is 2.46 bits per heavy atom. The normalized spacial score (nSPS) is 13.3. The van der Waals surface area contributed by atoms with Gasteiger partial charge in [0.05, 0.1) is 7.11 Å². The summed E-state index contributed by atoms with van der Waals surface area (Å²) in [5.41, 5.74) is 0.551. The van der Waals surface area contributed by atoms with Crippen LogP contribution in [-0.2, 0) is 9.59 Å². The fourth-order valence-electron chi connectivity index (χ4n) is 1.95. The summed E-state index contributed by atoms with van der Waals surface area (Å²) in [6.45, 7) is 2.45. The van der Waals surface area contributed by atoms with Gasteiger partial charge in [0.25, 0.3) is 0 Å². The first-order valence-electron chi connectivity index (χ1n) is 8.18. The first kappa shape index (κ1) is 21.4. The third-order valence-corrected chi connectivity index (χ3v) is 3.58. The number of halogens is 2. The van der Waals surface area contributed by atoms with E-state index in [4.69, 9.17) is 4.74 Å². The van der Waals surface area contributed by atoms with Crippen molar-refractivity contribution >= 4 is 17.9 Å². The fourth-order valence-corrected chi connectivity index (χ4v) is 1.95. The SMILES string of the molecule is CC[C@H](C)NC(=O)[C@H](C)NC(=O)/C=C/c1ccc(OC(F)F)c(OC)c1. The number of carbonyl (C=O) groups is 2. The van der Waals surface area contributed by atoms with Gasteiger partial charge in [-0.1, -0.05) is 13.0 Å². The van der Waals surface area contributed by atoms with Crippen molar-refractivity contribution in [1.82, 2.24) is 10.6 Å². The zero-order chi connectivity index (χ0) is 19.7. The highest BCUT2D eigenvalue weighted by Crippen LogP contribution is 2.29. The summed E-state index contributed by atoms with van der Waals surface area (Å²) in [5, 5.41) is 5.33. The van der Waals surface area contributed by atoms with Crippen molar-refractivity contribution in [3.8, 4) is 11.5 Å². The summed E-state index contributed by atoms with van der Waals surface area (Å²) in [4.78, 5) is 23.8. The van der Waals surface area contributed by atoms with Crippen LogP contribution in [0.1, 0.15) is 32.8 Å². The van der Waals surface area contributed by atoms with Crippen molar-refractivity contribution in [1.29, 1.82) is 0 Å². The molecule has 26 heavy (non-hydrogen) atoms. The number of carbonyl (C=O) groups excluding carboxylic acids is 2. The maximum absolute atomic E-state index is 12.3. The van der Waals surface area contributed by atoms with Crippen LogP contribution in [0.15, 0.2) is 24.3 Å². The van der Waals surface area contributed by atoms with E-state index in [9.17, 15) is 18.4 Å². The molecule has 1 rings (SSSR count). The second kappa shape index (κ2) is 10.4. The molecule has 6 nitrogen and oxygen atoms in total. The summed E-state index contributed by atoms with van der Waals surface area (Å²) in [6, 6.07) is 3.63. The maximum atomic E-state index is 12.3. The van der Waals surface area contributed by atoms with E-state index in [0.717, 1.165) is 6.42 Å². The molecule has 0 aromatic heterocycles. The van der Waals surface area contributed by atoms with Gasteiger partial charge in [0.2, 0.25) is 11.8 Å². The second-order valence-corrected chi connectivity index (χ2v) is 5.67. The van der Waals surface area contributed by atoms with Gasteiger partial charge >= 0.3 is 6.61 Å². The monoisotopic (exact) mass is 370 g/mol. The molecule has 0 aliphatic carbocycles. The Kier molecular flexibility index (Phi) is 8.54. The largest absolute Gasteiger partial charge is 0.493 e. The Labute approximate surface area is 151 Å². The molecule has 0 aliphatic rings. The summed E-state index contributed by atoms with van der Waals surface area (Å²) < 4.78 is 33.9. The quantitative estimate of drug-likeness (QED) is 0.656. The molecular weight excluding hydrogens is 346 g/mol. The molecule has 2 amide bonds. The van der Waals surface area contributed by atoms with Crippen molar-refractivity contribution in [2.75, 3.05) is 7.11 Å². The molecule has 2 N–H and O–H groups in total. The predicted octanol–water partition coefficient (Wildman–Crippen LogP) is 2.73. The highest BCUT2D eigenvalue weighted by atomic mass is 19.3. The molecule has 144 valence electrons.